The van der Waals surface area contributed by atoms with E-state index in [0.29, 0.717) is 17.4 Å². The minimum Gasteiger partial charge on any atom is -0.497 e. The molecule has 0 N–H and O–H groups in total. The maximum absolute atomic E-state index is 12.5. The summed E-state index contributed by atoms with van der Waals surface area (Å²) in [6.07, 6.45) is 3.20. The van der Waals surface area contributed by atoms with Gasteiger partial charge in [0.25, 0.3) is 5.91 Å². The molecule has 0 fully saturated rings. The lowest BCUT2D eigenvalue weighted by molar-refractivity contribution is -0.133. The summed E-state index contributed by atoms with van der Waals surface area (Å²) in [5.74, 6) is 0.254. The van der Waals surface area contributed by atoms with E-state index in [1.165, 1.54) is 16.2 Å². The Morgan fingerprint density at radius 3 is 2.59 bits per heavy atom. The van der Waals surface area contributed by atoms with Crippen molar-refractivity contribution < 1.29 is 19.1 Å². The van der Waals surface area contributed by atoms with E-state index < -0.39 is 5.97 Å². The highest BCUT2D eigenvalue weighted by Gasteiger charge is 2.17. The molecule has 0 aliphatic carbocycles. The van der Waals surface area contributed by atoms with Crippen LogP contribution in [-0.2, 0) is 16.1 Å². The van der Waals surface area contributed by atoms with Crippen LogP contribution in [0.1, 0.15) is 16.1 Å². The summed E-state index contributed by atoms with van der Waals surface area (Å²) in [4.78, 5) is 38.6. The molecule has 2 aromatic carbocycles. The molecule has 4 rings (SSSR count). The number of methoxy groups -OCH3 is 1. The predicted molar refractivity (Wildman–Crippen MR) is 120 cm³/mol. The fraction of sp³-hybridized carbons (Fsp3) is 0.174. The van der Waals surface area contributed by atoms with E-state index in [0.717, 1.165) is 22.1 Å². The molecule has 0 spiro atoms. The first-order chi connectivity index (χ1) is 15.5. The van der Waals surface area contributed by atoms with Crippen molar-refractivity contribution in [3.8, 4) is 16.6 Å². The van der Waals surface area contributed by atoms with Crippen molar-refractivity contribution in [3.05, 3.63) is 71.5 Å². The van der Waals surface area contributed by atoms with Crippen LogP contribution >= 0.6 is 11.3 Å². The molecule has 0 bridgehead atoms. The summed E-state index contributed by atoms with van der Waals surface area (Å²) < 4.78 is 10.4. The fourth-order valence-corrected chi connectivity index (χ4v) is 3.79. The Bertz CT molecular complexity index is 1260. The van der Waals surface area contributed by atoms with Gasteiger partial charge in [-0.3, -0.25) is 4.79 Å². The lowest BCUT2D eigenvalue weighted by Crippen LogP contribution is -2.30. The zero-order valence-electron chi connectivity index (χ0n) is 17.5. The van der Waals surface area contributed by atoms with Gasteiger partial charge < -0.3 is 14.4 Å². The van der Waals surface area contributed by atoms with Gasteiger partial charge in [-0.25, -0.2) is 19.7 Å². The molecule has 2 heterocycles. The number of carbonyl (C=O) groups excluding carboxylic acids is 2. The van der Waals surface area contributed by atoms with Gasteiger partial charge in [-0.15, -0.1) is 11.3 Å². The molecular weight excluding hydrogens is 428 g/mol. The number of aromatic nitrogens is 3. The maximum atomic E-state index is 12.5. The van der Waals surface area contributed by atoms with Gasteiger partial charge in [0.05, 0.1) is 7.11 Å². The van der Waals surface area contributed by atoms with Crippen molar-refractivity contribution in [1.29, 1.82) is 0 Å². The second kappa shape index (κ2) is 9.52. The Labute approximate surface area is 188 Å². The number of thiazole rings is 1. The number of ether oxygens (including phenoxy) is 2. The third-order valence-electron chi connectivity index (χ3n) is 4.75. The molecule has 9 heteroatoms. The molecule has 2 aromatic heterocycles. The molecule has 0 radical (unpaired) electrons. The van der Waals surface area contributed by atoms with Gasteiger partial charge in [0, 0.05) is 31.4 Å². The lowest BCUT2D eigenvalue weighted by atomic mass is 10.1. The zero-order valence-corrected chi connectivity index (χ0v) is 18.3. The van der Waals surface area contributed by atoms with Gasteiger partial charge in [-0.2, -0.15) is 0 Å². The third kappa shape index (κ3) is 4.89. The van der Waals surface area contributed by atoms with Crippen LogP contribution in [0.5, 0.6) is 5.75 Å². The van der Waals surface area contributed by atoms with Gasteiger partial charge in [-0.1, -0.05) is 18.2 Å². The van der Waals surface area contributed by atoms with E-state index in [2.05, 4.69) is 15.0 Å². The van der Waals surface area contributed by atoms with Crippen LogP contribution in [0.25, 0.3) is 21.6 Å². The van der Waals surface area contributed by atoms with Crippen molar-refractivity contribution in [2.45, 2.75) is 6.54 Å². The Kier molecular flexibility index (Phi) is 6.37. The predicted octanol–water partition coefficient (Wildman–Crippen LogP) is 3.58. The number of esters is 1. The summed E-state index contributed by atoms with van der Waals surface area (Å²) in [5.41, 5.74) is 1.09. The van der Waals surface area contributed by atoms with Crippen LogP contribution in [0.4, 0.5) is 0 Å². The number of hydrogen-bond donors (Lipinski definition) is 0. The Morgan fingerprint density at radius 2 is 1.81 bits per heavy atom. The number of carbonyl (C=O) groups is 2. The Hall–Kier alpha value is -3.85. The summed E-state index contributed by atoms with van der Waals surface area (Å²) in [5, 5.41) is 4.18. The number of rotatable bonds is 7. The van der Waals surface area contributed by atoms with Gasteiger partial charge in [0.1, 0.15) is 5.75 Å². The van der Waals surface area contributed by atoms with E-state index in [9.17, 15) is 9.59 Å². The van der Waals surface area contributed by atoms with Gasteiger partial charge in [-0.05, 0) is 40.6 Å². The molecule has 8 nitrogen and oxygen atoms in total. The Morgan fingerprint density at radius 1 is 1.06 bits per heavy atom. The van der Waals surface area contributed by atoms with Crippen molar-refractivity contribution in [2.24, 2.45) is 0 Å². The van der Waals surface area contributed by atoms with Gasteiger partial charge in [0.2, 0.25) is 0 Å². The van der Waals surface area contributed by atoms with E-state index in [-0.39, 0.29) is 18.2 Å². The van der Waals surface area contributed by atoms with E-state index in [4.69, 9.17) is 9.47 Å². The van der Waals surface area contributed by atoms with Crippen molar-refractivity contribution in [1.82, 2.24) is 19.9 Å². The van der Waals surface area contributed by atoms with Crippen LogP contribution in [0.3, 0.4) is 0 Å². The maximum Gasteiger partial charge on any atom is 0.358 e. The number of benzene rings is 2. The molecule has 0 atom stereocenters. The quantitative estimate of drug-likeness (QED) is 0.399. The molecule has 32 heavy (non-hydrogen) atoms. The number of hydrogen-bond acceptors (Lipinski definition) is 8. The van der Waals surface area contributed by atoms with Crippen molar-refractivity contribution in [2.75, 3.05) is 20.8 Å². The monoisotopic (exact) mass is 448 g/mol. The van der Waals surface area contributed by atoms with Crippen LogP contribution in [0, 0.1) is 0 Å². The summed E-state index contributed by atoms with van der Waals surface area (Å²) in [7, 11) is 3.30. The van der Waals surface area contributed by atoms with Crippen LogP contribution < -0.4 is 4.74 Å². The number of likely N-dealkylation sites (N-methyl/N-ethyl adjacent to an activating group) is 1. The van der Waals surface area contributed by atoms with Crippen molar-refractivity contribution >= 4 is 34.0 Å². The number of nitrogens with zero attached hydrogens (tertiary/aromatic N) is 4. The number of amides is 1. The molecule has 0 aliphatic heterocycles. The van der Waals surface area contributed by atoms with Crippen molar-refractivity contribution in [3.63, 3.8) is 0 Å². The largest absolute Gasteiger partial charge is 0.497 e. The summed E-state index contributed by atoms with van der Waals surface area (Å²) >= 11 is 1.24. The first kappa shape index (κ1) is 21.4. The third-order valence-corrected chi connectivity index (χ3v) is 5.59. The standard InChI is InChI=1S/C23H20N4O4S/c1-27(12-15-4-5-17-11-18(30-2)7-6-16(17)10-15)20(28)13-31-23(29)19-14-32-22(26-19)21-24-8-3-9-25-21/h3-11,14H,12-13H2,1-2H3. The number of fused-ring (bicyclic) bond motifs is 1. The van der Waals surface area contributed by atoms with Gasteiger partial charge in [0.15, 0.2) is 23.1 Å². The van der Waals surface area contributed by atoms with Crippen LogP contribution in [0.15, 0.2) is 60.2 Å². The smallest absolute Gasteiger partial charge is 0.358 e. The highest BCUT2D eigenvalue weighted by Crippen LogP contribution is 2.23. The average Bonchev–Trinajstić information content (AvgIpc) is 3.33. The molecule has 0 aliphatic rings. The first-order valence-electron chi connectivity index (χ1n) is 9.74. The lowest BCUT2D eigenvalue weighted by Gasteiger charge is -2.17. The first-order valence-corrected chi connectivity index (χ1v) is 10.6. The summed E-state index contributed by atoms with van der Waals surface area (Å²) in [6.45, 7) is 0.0271. The molecular formula is C23H20N4O4S. The minimum atomic E-state index is -0.662. The Balaban J connectivity index is 1.33. The molecule has 0 saturated carbocycles. The van der Waals surface area contributed by atoms with Crippen LogP contribution in [0.2, 0.25) is 0 Å². The van der Waals surface area contributed by atoms with E-state index in [1.54, 1.807) is 38.0 Å². The molecule has 162 valence electrons. The topological polar surface area (TPSA) is 94.5 Å². The minimum absolute atomic E-state index is 0.123. The molecule has 4 aromatic rings. The second-order valence-electron chi connectivity index (χ2n) is 6.98. The fourth-order valence-electron chi connectivity index (χ4n) is 3.05. The van der Waals surface area contributed by atoms with E-state index in [1.807, 2.05) is 36.4 Å². The second-order valence-corrected chi connectivity index (χ2v) is 7.84. The summed E-state index contributed by atoms with van der Waals surface area (Å²) in [6, 6.07) is 13.5. The van der Waals surface area contributed by atoms with E-state index >= 15 is 0 Å². The molecule has 1 amide bonds. The van der Waals surface area contributed by atoms with Crippen LogP contribution in [-0.4, -0.2) is 52.5 Å². The molecule has 0 saturated heterocycles. The molecule has 0 unspecified atom stereocenters. The normalized spacial score (nSPS) is 10.7. The zero-order chi connectivity index (χ0) is 22.5. The van der Waals surface area contributed by atoms with Gasteiger partial charge >= 0.3 is 5.97 Å². The average molecular weight is 449 g/mol. The SMILES string of the molecule is COc1ccc2cc(CN(C)C(=O)COC(=O)c3csc(-c4ncccn4)n3)ccc2c1. The highest BCUT2D eigenvalue weighted by atomic mass is 32.1. The highest BCUT2D eigenvalue weighted by molar-refractivity contribution is 7.13.